The first-order valence-corrected chi connectivity index (χ1v) is 8.53. The average Bonchev–Trinajstić information content (AvgIpc) is 2.95. The van der Waals surface area contributed by atoms with Crippen LogP contribution in [0, 0.1) is 59.2 Å². The second kappa shape index (κ2) is 3.96. The van der Waals surface area contributed by atoms with Crippen LogP contribution in [0.15, 0.2) is 0 Å². The molecule has 2 heteroatoms. The third kappa shape index (κ3) is 1.27. The molecule has 4 aliphatic rings. The van der Waals surface area contributed by atoms with E-state index in [9.17, 15) is 9.59 Å². The van der Waals surface area contributed by atoms with E-state index in [2.05, 4.69) is 27.7 Å². The van der Waals surface area contributed by atoms with Gasteiger partial charge in [0.2, 0.25) is 11.6 Å². The van der Waals surface area contributed by atoms with E-state index in [1.807, 2.05) is 0 Å². The van der Waals surface area contributed by atoms with E-state index in [0.29, 0.717) is 35.5 Å². The number of hydrogen-bond acceptors (Lipinski definition) is 2. The number of rotatable bonds is 0. The standard InChI is InChI=1S/C18H26O2/c1-7-9(3)13-16-14(18(20)17(13)19)10(4)8(2)12-6-5-11(7)15(12)16/h7-16H,5-6H2,1-4H3. The van der Waals surface area contributed by atoms with Crippen molar-refractivity contribution in [2.45, 2.75) is 40.5 Å². The normalized spacial score (nSPS) is 60.8. The van der Waals surface area contributed by atoms with Crippen molar-refractivity contribution in [3.63, 3.8) is 0 Å². The molecule has 110 valence electrons. The zero-order valence-corrected chi connectivity index (χ0v) is 13.0. The molecule has 0 bridgehead atoms. The largest absolute Gasteiger partial charge is 0.291 e. The molecule has 4 saturated carbocycles. The summed E-state index contributed by atoms with van der Waals surface area (Å²) in [6.07, 6.45) is 2.66. The van der Waals surface area contributed by atoms with Crippen LogP contribution >= 0.6 is 0 Å². The van der Waals surface area contributed by atoms with Crippen LogP contribution < -0.4 is 0 Å². The molecule has 4 aliphatic carbocycles. The number of Topliss-reactive ketones (excluding diaryl/α,β-unsaturated/α-hetero) is 2. The maximum Gasteiger partial charge on any atom is 0.202 e. The fourth-order valence-corrected chi connectivity index (χ4v) is 6.88. The smallest absolute Gasteiger partial charge is 0.202 e. The summed E-state index contributed by atoms with van der Waals surface area (Å²) in [6, 6.07) is 0. The fourth-order valence-electron chi connectivity index (χ4n) is 6.88. The number of ketones is 2. The maximum atomic E-state index is 12.6. The van der Waals surface area contributed by atoms with E-state index in [1.165, 1.54) is 12.8 Å². The molecule has 0 heterocycles. The second-order valence-electron chi connectivity index (χ2n) is 8.28. The lowest BCUT2D eigenvalue weighted by molar-refractivity contribution is -0.138. The Labute approximate surface area is 121 Å². The molecule has 0 aromatic rings. The monoisotopic (exact) mass is 274 g/mol. The molecule has 0 aromatic heterocycles. The van der Waals surface area contributed by atoms with Crippen LogP contribution in [0.25, 0.3) is 0 Å². The van der Waals surface area contributed by atoms with Gasteiger partial charge < -0.3 is 0 Å². The van der Waals surface area contributed by atoms with Crippen LogP contribution in [0.3, 0.4) is 0 Å². The van der Waals surface area contributed by atoms with Crippen LogP contribution in [-0.2, 0) is 9.59 Å². The van der Waals surface area contributed by atoms with Gasteiger partial charge in [0.1, 0.15) is 0 Å². The molecule has 8 unspecified atom stereocenters. The van der Waals surface area contributed by atoms with Gasteiger partial charge in [-0.1, -0.05) is 27.7 Å². The van der Waals surface area contributed by atoms with Crippen molar-refractivity contribution < 1.29 is 9.59 Å². The highest BCUT2D eigenvalue weighted by Gasteiger charge is 2.66. The molecule has 0 spiro atoms. The van der Waals surface area contributed by atoms with Gasteiger partial charge >= 0.3 is 0 Å². The Morgan fingerprint density at radius 2 is 1.05 bits per heavy atom. The maximum absolute atomic E-state index is 12.6. The second-order valence-corrected chi connectivity index (χ2v) is 8.28. The van der Waals surface area contributed by atoms with Gasteiger partial charge in [-0.15, -0.1) is 0 Å². The molecule has 2 nitrogen and oxygen atoms in total. The summed E-state index contributed by atoms with van der Waals surface area (Å²) in [7, 11) is 0. The van der Waals surface area contributed by atoms with Crippen LogP contribution in [0.1, 0.15) is 40.5 Å². The Balaban J connectivity index is 1.86. The summed E-state index contributed by atoms with van der Waals surface area (Å²) < 4.78 is 0. The topological polar surface area (TPSA) is 34.1 Å². The third-order valence-corrected chi connectivity index (χ3v) is 8.09. The van der Waals surface area contributed by atoms with Crippen molar-refractivity contribution in [3.05, 3.63) is 0 Å². The minimum absolute atomic E-state index is 0.00981. The molecule has 0 amide bonds. The Morgan fingerprint density at radius 3 is 1.45 bits per heavy atom. The summed E-state index contributed by atoms with van der Waals surface area (Å²) in [5, 5.41) is 0. The molecule has 0 saturated heterocycles. The Bertz CT molecular complexity index is 440. The van der Waals surface area contributed by atoms with Crippen LogP contribution in [-0.4, -0.2) is 11.6 Å². The van der Waals surface area contributed by atoms with E-state index < -0.39 is 0 Å². The SMILES string of the molecule is CC1C(C)C2C(=O)C(=O)C3C(C)C(C)C4CCC1C4C23. The van der Waals surface area contributed by atoms with Crippen LogP contribution in [0.5, 0.6) is 0 Å². The van der Waals surface area contributed by atoms with Crippen molar-refractivity contribution in [1.29, 1.82) is 0 Å². The molecular weight excluding hydrogens is 248 g/mol. The molecular formula is C18H26O2. The Morgan fingerprint density at radius 1 is 0.650 bits per heavy atom. The van der Waals surface area contributed by atoms with Gasteiger partial charge in [-0.25, -0.2) is 0 Å². The Kier molecular flexibility index (Phi) is 2.58. The van der Waals surface area contributed by atoms with E-state index >= 15 is 0 Å². The highest BCUT2D eigenvalue weighted by Crippen LogP contribution is 2.66. The van der Waals surface area contributed by atoms with Crippen molar-refractivity contribution in [1.82, 2.24) is 0 Å². The summed E-state index contributed by atoms with van der Waals surface area (Å²) in [4.78, 5) is 25.1. The lowest BCUT2D eigenvalue weighted by atomic mass is 9.50. The average molecular weight is 274 g/mol. The summed E-state index contributed by atoms with van der Waals surface area (Å²) in [5.74, 6) is 4.73. The van der Waals surface area contributed by atoms with E-state index in [0.717, 1.165) is 11.8 Å². The fraction of sp³-hybridized carbons (Fsp3) is 0.889. The minimum atomic E-state index is -0.00981. The van der Waals surface area contributed by atoms with Gasteiger partial charge in [-0.3, -0.25) is 9.59 Å². The number of carbonyl (C=O) groups excluding carboxylic acids is 2. The highest BCUT2D eigenvalue weighted by atomic mass is 16.2. The molecule has 4 fully saturated rings. The first kappa shape index (κ1) is 13.0. The van der Waals surface area contributed by atoms with Gasteiger partial charge in [-0.2, -0.15) is 0 Å². The predicted molar refractivity (Wildman–Crippen MR) is 76.8 cm³/mol. The van der Waals surface area contributed by atoms with E-state index in [4.69, 9.17) is 0 Å². The predicted octanol–water partition coefficient (Wildman–Crippen LogP) is 3.20. The van der Waals surface area contributed by atoms with E-state index in [-0.39, 0.29) is 23.4 Å². The molecule has 0 radical (unpaired) electrons. The number of hydrogen-bond donors (Lipinski definition) is 0. The summed E-state index contributed by atoms with van der Waals surface area (Å²) in [5.41, 5.74) is 0. The minimum Gasteiger partial charge on any atom is -0.291 e. The summed E-state index contributed by atoms with van der Waals surface area (Å²) >= 11 is 0. The van der Waals surface area contributed by atoms with Crippen molar-refractivity contribution in [2.75, 3.05) is 0 Å². The third-order valence-electron chi connectivity index (χ3n) is 8.09. The molecule has 8 atom stereocenters. The van der Waals surface area contributed by atoms with Gasteiger partial charge in [0, 0.05) is 11.8 Å². The zero-order chi connectivity index (χ0) is 14.3. The molecule has 0 N–H and O–H groups in total. The van der Waals surface area contributed by atoms with Crippen molar-refractivity contribution >= 4 is 11.6 Å². The van der Waals surface area contributed by atoms with Gasteiger partial charge in [0.15, 0.2) is 0 Å². The molecule has 0 aromatic carbocycles. The van der Waals surface area contributed by atoms with Gasteiger partial charge in [0.05, 0.1) is 0 Å². The lowest BCUT2D eigenvalue weighted by Crippen LogP contribution is -2.51. The molecule has 4 rings (SSSR count). The van der Waals surface area contributed by atoms with Gasteiger partial charge in [-0.05, 0) is 60.2 Å². The van der Waals surface area contributed by atoms with Gasteiger partial charge in [0.25, 0.3) is 0 Å². The molecule has 20 heavy (non-hydrogen) atoms. The van der Waals surface area contributed by atoms with Crippen LogP contribution in [0.4, 0.5) is 0 Å². The number of carbonyl (C=O) groups is 2. The highest BCUT2D eigenvalue weighted by molar-refractivity contribution is 6.41. The quantitative estimate of drug-likeness (QED) is 0.636. The van der Waals surface area contributed by atoms with Crippen molar-refractivity contribution in [3.8, 4) is 0 Å². The van der Waals surface area contributed by atoms with E-state index in [1.54, 1.807) is 0 Å². The summed E-state index contributed by atoms with van der Waals surface area (Å²) in [6.45, 7) is 9.13. The zero-order valence-electron chi connectivity index (χ0n) is 13.0. The Hall–Kier alpha value is -0.660. The van der Waals surface area contributed by atoms with Crippen LogP contribution in [0.2, 0.25) is 0 Å². The molecule has 0 aliphatic heterocycles. The first-order valence-electron chi connectivity index (χ1n) is 8.53. The first-order chi connectivity index (χ1) is 9.45. The lowest BCUT2D eigenvalue weighted by Gasteiger charge is -2.53. The van der Waals surface area contributed by atoms with Crippen molar-refractivity contribution in [2.24, 2.45) is 59.2 Å².